The molecule has 2 aromatic rings. The number of β-amino-alcohol motifs (C(OH)–C–C–N with tert-alkyl or cyclic N) is 1. The van der Waals surface area contributed by atoms with Crippen LogP contribution in [0.15, 0.2) is 42.5 Å². The summed E-state index contributed by atoms with van der Waals surface area (Å²) in [6.45, 7) is 0.0124. The normalized spacial score (nSPS) is 20.6. The highest BCUT2D eigenvalue weighted by atomic mass is 35.5. The minimum atomic E-state index is -1.35. The molecule has 0 radical (unpaired) electrons. The molecule has 0 spiro atoms. The van der Waals surface area contributed by atoms with E-state index in [-0.39, 0.29) is 31.7 Å². The van der Waals surface area contributed by atoms with Gasteiger partial charge in [0.05, 0.1) is 31.3 Å². The van der Waals surface area contributed by atoms with Gasteiger partial charge in [-0.15, -0.1) is 0 Å². The van der Waals surface area contributed by atoms with Crippen molar-refractivity contribution in [3.8, 4) is 6.07 Å². The first-order chi connectivity index (χ1) is 14.3. The number of benzene rings is 2. The van der Waals surface area contributed by atoms with Gasteiger partial charge in [-0.25, -0.2) is 4.79 Å². The van der Waals surface area contributed by atoms with Gasteiger partial charge in [-0.3, -0.25) is 4.79 Å². The number of hydrogen-bond donors (Lipinski definition) is 1. The lowest BCUT2D eigenvalue weighted by Gasteiger charge is -2.36. The molecule has 8 heteroatoms. The molecule has 1 fully saturated rings. The maximum Gasteiger partial charge on any atom is 0.332 e. The number of methoxy groups -OCH3 is 1. The molecule has 1 N–H and O–H groups in total. The third-order valence-electron chi connectivity index (χ3n) is 5.21. The maximum atomic E-state index is 13.2. The molecule has 0 bridgehead atoms. The van der Waals surface area contributed by atoms with E-state index in [9.17, 15) is 14.7 Å². The maximum absolute atomic E-state index is 13.2. The topological polar surface area (TPSA) is 90.6 Å². The first-order valence-corrected chi connectivity index (χ1v) is 10.0. The van der Waals surface area contributed by atoms with E-state index in [1.807, 2.05) is 6.07 Å². The monoisotopic (exact) mass is 446 g/mol. The number of esters is 1. The lowest BCUT2D eigenvalue weighted by atomic mass is 9.87. The fraction of sp³-hybridized carbons (Fsp3) is 0.318. The van der Waals surface area contributed by atoms with Gasteiger partial charge in [0.2, 0.25) is 5.91 Å². The van der Waals surface area contributed by atoms with Crippen molar-refractivity contribution in [2.24, 2.45) is 0 Å². The number of carbonyl (C=O) groups is 2. The van der Waals surface area contributed by atoms with Crippen molar-refractivity contribution >= 4 is 35.1 Å². The van der Waals surface area contributed by atoms with Crippen molar-refractivity contribution in [2.75, 3.05) is 13.7 Å². The van der Waals surface area contributed by atoms with Crippen LogP contribution in [0.4, 0.5) is 0 Å². The molecule has 2 atom stereocenters. The van der Waals surface area contributed by atoms with Crippen LogP contribution in [-0.2, 0) is 27.2 Å². The molecule has 0 aromatic heterocycles. The molecule has 1 aliphatic heterocycles. The van der Waals surface area contributed by atoms with Crippen LogP contribution in [0, 0.1) is 11.3 Å². The van der Waals surface area contributed by atoms with E-state index < -0.39 is 17.6 Å². The molecular formula is C22H20Cl2N2O4. The highest BCUT2D eigenvalue weighted by Gasteiger charge is 2.53. The molecule has 6 nitrogen and oxygen atoms in total. The van der Waals surface area contributed by atoms with Crippen molar-refractivity contribution in [1.29, 1.82) is 5.26 Å². The Morgan fingerprint density at radius 2 is 1.83 bits per heavy atom. The highest BCUT2D eigenvalue weighted by Crippen LogP contribution is 2.35. The fourth-order valence-electron chi connectivity index (χ4n) is 3.93. The van der Waals surface area contributed by atoms with E-state index >= 15 is 0 Å². The molecular weight excluding hydrogens is 427 g/mol. The van der Waals surface area contributed by atoms with Crippen LogP contribution in [0.1, 0.15) is 23.1 Å². The van der Waals surface area contributed by atoms with E-state index in [0.29, 0.717) is 21.2 Å². The number of nitrogens with zero attached hydrogens (tertiary/aromatic N) is 2. The van der Waals surface area contributed by atoms with Crippen molar-refractivity contribution in [3.05, 3.63) is 69.2 Å². The summed E-state index contributed by atoms with van der Waals surface area (Å²) in [5.74, 6) is -0.940. The van der Waals surface area contributed by atoms with E-state index in [0.717, 1.165) is 5.56 Å². The van der Waals surface area contributed by atoms with Crippen molar-refractivity contribution < 1.29 is 19.4 Å². The third-order valence-corrected chi connectivity index (χ3v) is 5.64. The van der Waals surface area contributed by atoms with Gasteiger partial charge in [0.25, 0.3) is 0 Å². The highest BCUT2D eigenvalue weighted by molar-refractivity contribution is 6.34. The SMILES string of the molecule is COC(=O)C1(Cc2ccc(C#N)cc2)C[C@@H](O)CN1C(=O)Cc1cc(Cl)cc(Cl)c1. The Balaban J connectivity index is 1.93. The van der Waals surface area contributed by atoms with E-state index in [1.54, 1.807) is 42.5 Å². The number of ether oxygens (including phenoxy) is 1. The minimum Gasteiger partial charge on any atom is -0.467 e. The van der Waals surface area contributed by atoms with Gasteiger partial charge in [-0.05, 0) is 41.5 Å². The van der Waals surface area contributed by atoms with E-state index in [2.05, 4.69) is 0 Å². The largest absolute Gasteiger partial charge is 0.467 e. The summed E-state index contributed by atoms with van der Waals surface area (Å²) in [5, 5.41) is 20.2. The van der Waals surface area contributed by atoms with Crippen LogP contribution >= 0.6 is 23.2 Å². The van der Waals surface area contributed by atoms with Crippen LogP contribution in [-0.4, -0.2) is 47.2 Å². The van der Waals surface area contributed by atoms with Gasteiger partial charge in [0, 0.05) is 29.4 Å². The van der Waals surface area contributed by atoms with Crippen molar-refractivity contribution in [2.45, 2.75) is 30.9 Å². The number of aliphatic hydroxyl groups is 1. The number of amides is 1. The molecule has 3 rings (SSSR count). The molecule has 2 aromatic carbocycles. The molecule has 1 amide bonds. The van der Waals surface area contributed by atoms with Crippen LogP contribution in [0.3, 0.4) is 0 Å². The zero-order valence-corrected chi connectivity index (χ0v) is 17.8. The molecule has 1 saturated heterocycles. The number of nitriles is 1. The minimum absolute atomic E-state index is 0.0124. The van der Waals surface area contributed by atoms with Gasteiger partial charge >= 0.3 is 5.97 Å². The van der Waals surface area contributed by atoms with Gasteiger partial charge in [0.1, 0.15) is 5.54 Å². The number of likely N-dealkylation sites (tertiary alicyclic amines) is 1. The number of rotatable bonds is 5. The van der Waals surface area contributed by atoms with E-state index in [1.165, 1.54) is 12.0 Å². The second kappa shape index (κ2) is 9.05. The molecule has 30 heavy (non-hydrogen) atoms. The molecule has 1 heterocycles. The Bertz CT molecular complexity index is 983. The second-order valence-corrected chi connectivity index (χ2v) is 8.20. The standard InChI is InChI=1S/C22H20Cl2N2O4/c1-30-21(29)22(10-14-2-4-15(12-25)5-3-14)11-19(27)13-26(22)20(28)8-16-6-17(23)9-18(24)7-16/h2-7,9,19,27H,8,10-11,13H2,1H3/t19-,22?/m1/s1. The summed E-state index contributed by atoms with van der Waals surface area (Å²) < 4.78 is 5.03. The fourth-order valence-corrected chi connectivity index (χ4v) is 4.50. The Morgan fingerprint density at radius 1 is 1.20 bits per heavy atom. The smallest absolute Gasteiger partial charge is 0.332 e. The molecule has 0 aliphatic carbocycles. The Labute approximate surface area is 184 Å². The van der Waals surface area contributed by atoms with Gasteiger partial charge < -0.3 is 14.7 Å². The first kappa shape index (κ1) is 22.1. The lowest BCUT2D eigenvalue weighted by Crippen LogP contribution is -2.55. The van der Waals surface area contributed by atoms with Crippen LogP contribution < -0.4 is 0 Å². The molecule has 1 unspecified atom stereocenters. The lowest BCUT2D eigenvalue weighted by molar-refractivity contribution is -0.159. The zero-order valence-electron chi connectivity index (χ0n) is 16.3. The molecule has 0 saturated carbocycles. The van der Waals surface area contributed by atoms with Crippen molar-refractivity contribution in [3.63, 3.8) is 0 Å². The number of aliphatic hydroxyl groups excluding tert-OH is 1. The van der Waals surface area contributed by atoms with Gasteiger partial charge in [0.15, 0.2) is 0 Å². The summed E-state index contributed by atoms with van der Waals surface area (Å²) in [7, 11) is 1.26. The average molecular weight is 447 g/mol. The van der Waals surface area contributed by atoms with E-state index in [4.69, 9.17) is 33.2 Å². The molecule has 156 valence electrons. The summed E-state index contributed by atoms with van der Waals surface area (Å²) in [4.78, 5) is 27.4. The zero-order chi connectivity index (χ0) is 21.9. The number of halogens is 2. The summed E-state index contributed by atoms with van der Waals surface area (Å²) in [6.07, 6.45) is -0.680. The van der Waals surface area contributed by atoms with Crippen molar-refractivity contribution in [1.82, 2.24) is 4.90 Å². The van der Waals surface area contributed by atoms with Crippen LogP contribution in [0.2, 0.25) is 10.0 Å². The van der Waals surface area contributed by atoms with Gasteiger partial charge in [-0.1, -0.05) is 35.3 Å². The Hall–Kier alpha value is -2.59. The predicted molar refractivity (Wildman–Crippen MR) is 112 cm³/mol. The number of hydrogen-bond acceptors (Lipinski definition) is 5. The third kappa shape index (κ3) is 4.59. The van der Waals surface area contributed by atoms with Crippen LogP contribution in [0.25, 0.3) is 0 Å². The summed E-state index contributed by atoms with van der Waals surface area (Å²) in [5.41, 5.74) is 0.498. The molecule has 1 aliphatic rings. The number of carbonyl (C=O) groups excluding carboxylic acids is 2. The summed E-state index contributed by atoms with van der Waals surface area (Å²) >= 11 is 12.1. The Morgan fingerprint density at radius 3 is 2.40 bits per heavy atom. The quantitative estimate of drug-likeness (QED) is 0.712. The van der Waals surface area contributed by atoms with Crippen LogP contribution in [0.5, 0.6) is 0 Å². The summed E-state index contributed by atoms with van der Waals surface area (Å²) in [6, 6.07) is 13.6. The van der Waals surface area contributed by atoms with Gasteiger partial charge in [-0.2, -0.15) is 5.26 Å². The average Bonchev–Trinajstić information content (AvgIpc) is 3.04. The first-order valence-electron chi connectivity index (χ1n) is 9.28. The second-order valence-electron chi connectivity index (χ2n) is 7.33. The Kier molecular flexibility index (Phi) is 6.67. The predicted octanol–water partition coefficient (Wildman–Crippen LogP) is 3.16.